The number of H-pyrrole nitrogens is 1. The zero-order valence-electron chi connectivity index (χ0n) is 16.3. The third kappa shape index (κ3) is 4.95. The van der Waals surface area contributed by atoms with Gasteiger partial charge in [-0.15, -0.1) is 0 Å². The van der Waals surface area contributed by atoms with E-state index in [1.54, 1.807) is 0 Å². The Hall–Kier alpha value is -3.54. The molecule has 0 aliphatic rings. The molecule has 12 heteroatoms. The smallest absolute Gasteiger partial charge is 0.417 e. The van der Waals surface area contributed by atoms with Crippen LogP contribution in [0.25, 0.3) is 22.6 Å². The van der Waals surface area contributed by atoms with Crippen molar-refractivity contribution in [3.8, 4) is 34.1 Å². The van der Waals surface area contributed by atoms with Gasteiger partial charge < -0.3 is 14.8 Å². The van der Waals surface area contributed by atoms with Crippen LogP contribution in [-0.4, -0.2) is 25.0 Å². The lowest BCUT2D eigenvalue weighted by molar-refractivity contribution is -0.138. The fourth-order valence-corrected chi connectivity index (χ4v) is 3.35. The minimum atomic E-state index is -4.71. The van der Waals surface area contributed by atoms with E-state index >= 15 is 0 Å². The fourth-order valence-electron chi connectivity index (χ4n) is 2.86. The van der Waals surface area contributed by atoms with Gasteiger partial charge in [0.1, 0.15) is 45.7 Å². The van der Waals surface area contributed by atoms with Gasteiger partial charge in [-0.2, -0.15) is 17.6 Å². The van der Waals surface area contributed by atoms with Crippen molar-refractivity contribution in [3.63, 3.8) is 0 Å². The van der Waals surface area contributed by atoms with Crippen LogP contribution in [0, 0.1) is 11.8 Å². The van der Waals surface area contributed by atoms with E-state index in [1.165, 1.54) is 36.5 Å². The Labute approximate surface area is 191 Å². The van der Waals surface area contributed by atoms with Crippen molar-refractivity contribution in [1.29, 1.82) is 0 Å². The number of alkyl halides is 3. The number of benzene rings is 1. The number of imidazole rings is 1. The lowest BCUT2D eigenvalue weighted by Gasteiger charge is -2.10. The van der Waals surface area contributed by atoms with Crippen molar-refractivity contribution in [2.75, 3.05) is 0 Å². The molecule has 0 aliphatic heterocycles. The Balaban J connectivity index is 1.52. The Morgan fingerprint density at radius 3 is 2.45 bits per heavy atom. The molecular formula is C21H12BrF5N4O2. The van der Waals surface area contributed by atoms with Crippen molar-refractivity contribution >= 4 is 15.9 Å². The molecule has 33 heavy (non-hydrogen) atoms. The number of ether oxygens (including phenoxy) is 1. The Morgan fingerprint density at radius 1 is 1.03 bits per heavy atom. The highest BCUT2D eigenvalue weighted by Gasteiger charge is 2.32. The van der Waals surface area contributed by atoms with Crippen molar-refractivity contribution < 1.29 is 31.8 Å². The molecule has 4 aromatic rings. The zero-order chi connectivity index (χ0) is 23.8. The van der Waals surface area contributed by atoms with Crippen LogP contribution in [0.15, 0.2) is 53.4 Å². The highest BCUT2D eigenvalue weighted by molar-refractivity contribution is 9.10. The lowest BCUT2D eigenvalue weighted by atomic mass is 10.1. The molecule has 6 nitrogen and oxygen atoms in total. The average molecular weight is 527 g/mol. The molecule has 170 valence electrons. The van der Waals surface area contributed by atoms with Gasteiger partial charge in [-0.1, -0.05) is 0 Å². The predicted octanol–water partition coefficient (Wildman–Crippen LogP) is 5.88. The van der Waals surface area contributed by atoms with Crippen molar-refractivity contribution in [3.05, 3.63) is 76.4 Å². The number of nitrogens with zero attached hydrogens (tertiary/aromatic N) is 3. The summed E-state index contributed by atoms with van der Waals surface area (Å²) < 4.78 is 70.6. The lowest BCUT2D eigenvalue weighted by Crippen LogP contribution is -2.09. The number of hydrogen-bond donors (Lipinski definition) is 2. The summed E-state index contributed by atoms with van der Waals surface area (Å²) in [6, 6.07) is 7.23. The third-order valence-corrected chi connectivity index (χ3v) is 5.08. The van der Waals surface area contributed by atoms with Gasteiger partial charge in [-0.3, -0.25) is 4.98 Å². The van der Waals surface area contributed by atoms with E-state index in [4.69, 9.17) is 4.74 Å². The molecule has 0 aliphatic carbocycles. The van der Waals surface area contributed by atoms with Crippen molar-refractivity contribution in [2.24, 2.45) is 0 Å². The highest BCUT2D eigenvalue weighted by Crippen LogP contribution is 2.37. The summed E-state index contributed by atoms with van der Waals surface area (Å²) in [6.07, 6.45) is -2.89. The number of aromatic amines is 1. The van der Waals surface area contributed by atoms with E-state index in [0.29, 0.717) is 39.5 Å². The number of rotatable bonds is 5. The maximum absolute atomic E-state index is 13.9. The van der Waals surface area contributed by atoms with E-state index in [1.807, 2.05) is 0 Å². The SMILES string of the molecule is Oc1cc(OCc2ncc(C(F)(F)F)cc2F)ccc1-c1nc(-c2ccc(F)nc2)[nH]c1Br. The second-order valence-electron chi connectivity index (χ2n) is 6.74. The fraction of sp³-hybridized carbons (Fsp3) is 0.0952. The molecule has 0 atom stereocenters. The summed E-state index contributed by atoms with van der Waals surface area (Å²) >= 11 is 3.32. The summed E-state index contributed by atoms with van der Waals surface area (Å²) in [7, 11) is 0. The quantitative estimate of drug-likeness (QED) is 0.250. The van der Waals surface area contributed by atoms with Gasteiger partial charge in [0.05, 0.1) is 5.56 Å². The molecule has 0 amide bonds. The molecule has 0 radical (unpaired) electrons. The number of phenols is 1. The van der Waals surface area contributed by atoms with Gasteiger partial charge in [0, 0.05) is 29.6 Å². The minimum Gasteiger partial charge on any atom is -0.507 e. The van der Waals surface area contributed by atoms with Crippen molar-refractivity contribution in [1.82, 2.24) is 19.9 Å². The monoisotopic (exact) mass is 526 g/mol. The van der Waals surface area contributed by atoms with Crippen LogP contribution in [-0.2, 0) is 12.8 Å². The van der Waals surface area contributed by atoms with Gasteiger partial charge in [-0.25, -0.2) is 14.4 Å². The summed E-state index contributed by atoms with van der Waals surface area (Å²) in [5, 5.41) is 10.4. The Morgan fingerprint density at radius 2 is 1.82 bits per heavy atom. The van der Waals surface area contributed by atoms with E-state index in [-0.39, 0.29) is 17.2 Å². The first-order valence-electron chi connectivity index (χ1n) is 9.17. The van der Waals surface area contributed by atoms with E-state index < -0.39 is 30.1 Å². The molecule has 1 aromatic carbocycles. The standard InChI is InChI=1S/C21H12BrF5N4O2/c22-19-18(30-20(31-19)10-1-4-17(24)29-7-10)13-3-2-12(6-16(13)32)33-9-15-14(23)5-11(8-28-15)21(25,26)27/h1-8,32H,9H2,(H,30,31). The van der Waals surface area contributed by atoms with Crippen LogP contribution >= 0.6 is 15.9 Å². The maximum Gasteiger partial charge on any atom is 0.417 e. The summed E-state index contributed by atoms with van der Waals surface area (Å²) in [6.45, 7) is -0.448. The van der Waals surface area contributed by atoms with Crippen LogP contribution in [0.5, 0.6) is 11.5 Å². The summed E-state index contributed by atoms with van der Waals surface area (Å²) in [5.41, 5.74) is -0.321. The first kappa shape index (κ1) is 22.6. The van der Waals surface area contributed by atoms with Gasteiger partial charge in [0.25, 0.3) is 0 Å². The molecule has 0 saturated heterocycles. The molecule has 0 saturated carbocycles. The summed E-state index contributed by atoms with van der Waals surface area (Å²) in [4.78, 5) is 14.4. The van der Waals surface area contributed by atoms with Gasteiger partial charge >= 0.3 is 6.18 Å². The molecular weight excluding hydrogens is 515 g/mol. The van der Waals surface area contributed by atoms with Crippen molar-refractivity contribution in [2.45, 2.75) is 12.8 Å². The molecule has 3 heterocycles. The summed E-state index contributed by atoms with van der Waals surface area (Å²) in [5.74, 6) is -1.50. The molecule has 0 unspecified atom stereocenters. The van der Waals surface area contributed by atoms with E-state index in [9.17, 15) is 27.1 Å². The predicted molar refractivity (Wildman–Crippen MR) is 110 cm³/mol. The number of halogens is 6. The topological polar surface area (TPSA) is 83.9 Å². The van der Waals surface area contributed by atoms with Gasteiger partial charge in [0.2, 0.25) is 5.95 Å². The number of phenolic OH excluding ortho intramolecular Hbond substituents is 1. The van der Waals surface area contributed by atoms with Crippen LogP contribution < -0.4 is 4.74 Å². The average Bonchev–Trinajstić information content (AvgIpc) is 3.14. The van der Waals surface area contributed by atoms with E-state index in [0.717, 1.165) is 0 Å². The molecule has 0 bridgehead atoms. The normalized spacial score (nSPS) is 11.6. The molecule has 4 rings (SSSR count). The van der Waals surface area contributed by atoms with Gasteiger partial charge in [-0.05, 0) is 46.3 Å². The minimum absolute atomic E-state index is 0.131. The Bertz CT molecular complexity index is 1310. The molecule has 3 aromatic heterocycles. The molecule has 2 N–H and O–H groups in total. The third-order valence-electron chi connectivity index (χ3n) is 4.51. The van der Waals surface area contributed by atoms with Crippen LogP contribution in [0.4, 0.5) is 22.0 Å². The largest absolute Gasteiger partial charge is 0.507 e. The number of aromatic hydroxyl groups is 1. The first-order chi connectivity index (χ1) is 15.6. The molecule has 0 fully saturated rings. The number of pyridine rings is 2. The first-order valence-corrected chi connectivity index (χ1v) is 9.96. The zero-order valence-corrected chi connectivity index (χ0v) is 17.9. The number of aromatic nitrogens is 4. The molecule has 0 spiro atoms. The van der Waals surface area contributed by atoms with Crippen LogP contribution in [0.1, 0.15) is 11.3 Å². The van der Waals surface area contributed by atoms with E-state index in [2.05, 4.69) is 35.9 Å². The number of nitrogens with one attached hydrogen (secondary N) is 1. The second-order valence-corrected chi connectivity index (χ2v) is 7.53. The highest BCUT2D eigenvalue weighted by atomic mass is 79.9. The number of hydrogen-bond acceptors (Lipinski definition) is 5. The van der Waals surface area contributed by atoms with Gasteiger partial charge in [0.15, 0.2) is 0 Å². The maximum atomic E-state index is 13.9. The Kier molecular flexibility index (Phi) is 6.02. The second kappa shape index (κ2) is 8.77. The van der Waals surface area contributed by atoms with Crippen LogP contribution in [0.3, 0.4) is 0 Å². The van der Waals surface area contributed by atoms with Crippen LogP contribution in [0.2, 0.25) is 0 Å².